The lowest BCUT2D eigenvalue weighted by atomic mass is 10.1. The van der Waals surface area contributed by atoms with Gasteiger partial charge in [-0.2, -0.15) is 0 Å². The van der Waals surface area contributed by atoms with Crippen LogP contribution in [0.4, 0.5) is 0 Å². The number of aryl methyl sites for hydroxylation is 1. The molecule has 0 amide bonds. The summed E-state index contributed by atoms with van der Waals surface area (Å²) >= 11 is 1.48. The van der Waals surface area contributed by atoms with E-state index in [-0.39, 0.29) is 0 Å². The van der Waals surface area contributed by atoms with Gasteiger partial charge in [-0.25, -0.2) is 0 Å². The maximum absolute atomic E-state index is 6.00. The molecule has 0 saturated heterocycles. The molecule has 3 aromatic rings. The molecule has 0 aliphatic heterocycles. The molecule has 0 fully saturated rings. The van der Waals surface area contributed by atoms with E-state index < -0.39 is 0 Å². The Labute approximate surface area is 152 Å². The van der Waals surface area contributed by atoms with Crippen LogP contribution in [0.2, 0.25) is 0 Å². The van der Waals surface area contributed by atoms with E-state index in [4.69, 9.17) is 4.42 Å². The maximum atomic E-state index is 6.00. The molecule has 0 aliphatic rings. The maximum Gasteiger partial charge on any atom is 0.198 e. The summed E-state index contributed by atoms with van der Waals surface area (Å²) in [5.74, 6) is 0.957. The monoisotopic (exact) mass is 357 g/mol. The molecule has 25 heavy (non-hydrogen) atoms. The Morgan fingerprint density at radius 1 is 1.20 bits per heavy atom. The molecule has 0 aliphatic carbocycles. The lowest BCUT2D eigenvalue weighted by molar-refractivity contribution is 0.168. The summed E-state index contributed by atoms with van der Waals surface area (Å²) in [5, 5.41) is 9.62. The quantitative estimate of drug-likeness (QED) is 0.612. The van der Waals surface area contributed by atoms with E-state index in [9.17, 15) is 0 Å². The van der Waals surface area contributed by atoms with Crippen molar-refractivity contribution in [2.45, 2.75) is 49.6 Å². The van der Waals surface area contributed by atoms with Gasteiger partial charge in [0.2, 0.25) is 0 Å². The van der Waals surface area contributed by atoms with Gasteiger partial charge in [0.05, 0.1) is 6.54 Å². The van der Waals surface area contributed by atoms with Gasteiger partial charge in [0.25, 0.3) is 0 Å². The topological polar surface area (TPSA) is 60.0 Å². The van der Waals surface area contributed by atoms with Gasteiger partial charge in [-0.1, -0.05) is 6.92 Å². The first kappa shape index (κ1) is 17.7. The molecule has 0 saturated carbocycles. The second-order valence-corrected chi connectivity index (χ2v) is 7.04. The number of rotatable bonds is 8. The summed E-state index contributed by atoms with van der Waals surface area (Å²) in [5.41, 5.74) is 1.26. The molecule has 0 bridgehead atoms. The summed E-state index contributed by atoms with van der Waals surface area (Å²) in [6.45, 7) is 6.11. The normalized spacial score (nSPS) is 12.6. The van der Waals surface area contributed by atoms with Crippen molar-refractivity contribution >= 4 is 11.8 Å². The summed E-state index contributed by atoms with van der Waals surface area (Å²) in [4.78, 5) is 6.52. The van der Waals surface area contributed by atoms with Crippen LogP contribution in [-0.2, 0) is 20.1 Å². The average molecular weight is 357 g/mol. The van der Waals surface area contributed by atoms with Crippen LogP contribution in [0.15, 0.2) is 57.7 Å². The highest BCUT2D eigenvalue weighted by Crippen LogP contribution is 2.28. The summed E-state index contributed by atoms with van der Waals surface area (Å²) in [7, 11) is 1.92. The van der Waals surface area contributed by atoms with E-state index in [1.165, 1.54) is 17.3 Å². The van der Waals surface area contributed by atoms with Gasteiger partial charge in [-0.15, -0.1) is 10.2 Å². The first-order valence-corrected chi connectivity index (χ1v) is 9.21. The highest BCUT2D eigenvalue weighted by atomic mass is 32.2. The number of hydrogen-bond donors (Lipinski definition) is 0. The molecule has 3 rings (SSSR count). The number of pyridine rings is 1. The van der Waals surface area contributed by atoms with Gasteiger partial charge >= 0.3 is 0 Å². The van der Waals surface area contributed by atoms with Crippen LogP contribution in [-0.4, -0.2) is 30.7 Å². The van der Waals surface area contributed by atoms with E-state index in [1.54, 1.807) is 6.33 Å². The molecule has 0 N–H and O–H groups in total. The molecule has 6 nitrogen and oxygen atoms in total. The number of nitrogens with zero attached hydrogens (tertiary/aromatic N) is 5. The lowest BCUT2D eigenvalue weighted by Gasteiger charge is -2.27. The van der Waals surface area contributed by atoms with Gasteiger partial charge in [-0.05, 0) is 54.9 Å². The average Bonchev–Trinajstić information content (AvgIpc) is 3.24. The SMILES string of the molecule is CC[C@H](C)N(Cc1ccncc1)Cc1ccc(Sc2nncn2C)o1. The van der Waals surface area contributed by atoms with Crippen molar-refractivity contribution in [1.29, 1.82) is 0 Å². The Morgan fingerprint density at radius 3 is 2.68 bits per heavy atom. The van der Waals surface area contributed by atoms with Crippen LogP contribution in [0.25, 0.3) is 0 Å². The van der Waals surface area contributed by atoms with Crippen molar-refractivity contribution < 1.29 is 4.42 Å². The fourth-order valence-corrected chi connectivity index (χ4v) is 3.25. The van der Waals surface area contributed by atoms with Crippen LogP contribution in [0, 0.1) is 0 Å². The van der Waals surface area contributed by atoms with Crippen molar-refractivity contribution in [3.05, 3.63) is 54.3 Å². The predicted octanol–water partition coefficient (Wildman–Crippen LogP) is 3.76. The van der Waals surface area contributed by atoms with Crippen molar-refractivity contribution in [2.75, 3.05) is 0 Å². The van der Waals surface area contributed by atoms with Crippen LogP contribution in [0.1, 0.15) is 31.6 Å². The summed E-state index contributed by atoms with van der Waals surface area (Å²) in [6, 6.07) is 8.63. The third kappa shape index (κ3) is 4.70. The van der Waals surface area contributed by atoms with Gasteiger partial charge in [0, 0.05) is 32.0 Å². The van der Waals surface area contributed by atoms with Crippen molar-refractivity contribution in [3.8, 4) is 0 Å². The van der Waals surface area contributed by atoms with Gasteiger partial charge in [-0.3, -0.25) is 9.88 Å². The van der Waals surface area contributed by atoms with Gasteiger partial charge in [0.15, 0.2) is 10.2 Å². The third-order valence-electron chi connectivity index (χ3n) is 4.21. The van der Waals surface area contributed by atoms with E-state index in [0.717, 1.165) is 35.5 Å². The van der Waals surface area contributed by atoms with E-state index in [2.05, 4.69) is 46.1 Å². The fraction of sp³-hybridized carbons (Fsp3) is 0.389. The van der Waals surface area contributed by atoms with Gasteiger partial charge < -0.3 is 8.98 Å². The fourth-order valence-electron chi connectivity index (χ4n) is 2.50. The Hall–Kier alpha value is -2.12. The lowest BCUT2D eigenvalue weighted by Crippen LogP contribution is -2.31. The second-order valence-electron chi connectivity index (χ2n) is 6.06. The van der Waals surface area contributed by atoms with E-state index >= 15 is 0 Å². The van der Waals surface area contributed by atoms with Crippen molar-refractivity contribution in [1.82, 2.24) is 24.6 Å². The largest absolute Gasteiger partial charge is 0.453 e. The summed E-state index contributed by atoms with van der Waals surface area (Å²) < 4.78 is 7.88. The smallest absolute Gasteiger partial charge is 0.198 e. The Kier molecular flexibility index (Phi) is 5.88. The molecule has 3 aromatic heterocycles. The molecule has 0 unspecified atom stereocenters. The Bertz CT molecular complexity index is 786. The molecule has 0 spiro atoms. The molecule has 3 heterocycles. The minimum Gasteiger partial charge on any atom is -0.453 e. The second kappa shape index (κ2) is 8.31. The van der Waals surface area contributed by atoms with Crippen LogP contribution >= 0.6 is 11.8 Å². The van der Waals surface area contributed by atoms with Crippen molar-refractivity contribution in [2.24, 2.45) is 7.05 Å². The molecule has 1 atom stereocenters. The number of hydrogen-bond acceptors (Lipinski definition) is 6. The standard InChI is InChI=1S/C18H23N5OS/c1-4-14(2)23(11-15-7-9-19-10-8-15)12-16-5-6-17(24-16)25-18-21-20-13-22(18)3/h5-10,13-14H,4,11-12H2,1-3H3/t14-/m0/s1. The number of aromatic nitrogens is 4. The zero-order valence-electron chi connectivity index (χ0n) is 14.8. The van der Waals surface area contributed by atoms with Crippen molar-refractivity contribution in [3.63, 3.8) is 0 Å². The minimum absolute atomic E-state index is 0.466. The first-order valence-electron chi connectivity index (χ1n) is 8.39. The van der Waals surface area contributed by atoms with Gasteiger partial charge in [0.1, 0.15) is 12.1 Å². The molecule has 0 radical (unpaired) electrons. The predicted molar refractivity (Wildman–Crippen MR) is 97.1 cm³/mol. The van der Waals surface area contributed by atoms with Crippen LogP contribution < -0.4 is 0 Å². The Balaban J connectivity index is 1.68. The zero-order chi connectivity index (χ0) is 17.6. The summed E-state index contributed by atoms with van der Waals surface area (Å²) in [6.07, 6.45) is 6.46. The van der Waals surface area contributed by atoms with Crippen LogP contribution in [0.5, 0.6) is 0 Å². The highest BCUT2D eigenvalue weighted by Gasteiger charge is 2.16. The Morgan fingerprint density at radius 2 is 2.00 bits per heavy atom. The molecular formula is C18H23N5OS. The van der Waals surface area contributed by atoms with E-state index in [0.29, 0.717) is 6.04 Å². The molecular weight excluding hydrogens is 334 g/mol. The minimum atomic E-state index is 0.466. The number of furan rings is 1. The molecule has 7 heteroatoms. The highest BCUT2D eigenvalue weighted by molar-refractivity contribution is 7.99. The molecule has 132 valence electrons. The van der Waals surface area contributed by atoms with E-state index in [1.807, 2.05) is 36.1 Å². The third-order valence-corrected chi connectivity index (χ3v) is 5.18. The van der Waals surface area contributed by atoms with Crippen LogP contribution in [0.3, 0.4) is 0 Å². The first-order chi connectivity index (χ1) is 12.2. The molecule has 0 aromatic carbocycles. The zero-order valence-corrected chi connectivity index (χ0v) is 15.6.